The second-order valence-corrected chi connectivity index (χ2v) is 11.2. The maximum atomic E-state index is 14.3. The Bertz CT molecular complexity index is 1480. The molecule has 12 heteroatoms. The lowest BCUT2D eigenvalue weighted by molar-refractivity contribution is -0.208. The normalized spacial score (nSPS) is 12.5. The van der Waals surface area contributed by atoms with Crippen LogP contribution in [0.1, 0.15) is 91.5 Å². The van der Waals surface area contributed by atoms with Gasteiger partial charge in [0.1, 0.15) is 5.75 Å². The number of esters is 1. The lowest BCUT2D eigenvalue weighted by Gasteiger charge is -2.22. The van der Waals surface area contributed by atoms with Gasteiger partial charge in [-0.1, -0.05) is 69.7 Å². The first-order valence-electron chi connectivity index (χ1n) is 15.9. The summed E-state index contributed by atoms with van der Waals surface area (Å²) in [4.78, 5) is 24.5. The van der Waals surface area contributed by atoms with Gasteiger partial charge in [-0.3, -0.25) is 0 Å². The Balaban J connectivity index is 1.90. The monoisotopic (exact) mass is 682 g/mol. The van der Waals surface area contributed by atoms with Crippen molar-refractivity contribution in [2.24, 2.45) is 0 Å². The number of aromatic carboxylic acids is 1. The minimum absolute atomic E-state index is 0.0977. The van der Waals surface area contributed by atoms with Crippen LogP contribution in [0.2, 0.25) is 0 Å². The van der Waals surface area contributed by atoms with E-state index in [1.165, 1.54) is 43.9 Å². The number of carbonyl (C=O) groups is 2. The van der Waals surface area contributed by atoms with Gasteiger partial charge in [-0.15, -0.1) is 0 Å². The summed E-state index contributed by atoms with van der Waals surface area (Å²) in [6.45, 7) is 3.91. The Morgan fingerprint density at radius 1 is 0.750 bits per heavy atom. The summed E-state index contributed by atoms with van der Waals surface area (Å²) in [5, 5.41) is 9.60. The lowest BCUT2D eigenvalue weighted by Crippen LogP contribution is -2.35. The molecule has 0 aromatic heterocycles. The molecule has 3 aromatic carbocycles. The molecule has 0 aliphatic carbocycles. The smallest absolute Gasteiger partial charge is 0.425 e. The summed E-state index contributed by atoms with van der Waals surface area (Å²) in [6, 6.07) is 13.2. The third-order valence-electron chi connectivity index (χ3n) is 7.65. The van der Waals surface area contributed by atoms with Crippen molar-refractivity contribution in [3.8, 4) is 28.0 Å². The van der Waals surface area contributed by atoms with E-state index < -0.39 is 54.5 Å². The quantitative estimate of drug-likeness (QED) is 0.0817. The third kappa shape index (κ3) is 11.3. The number of halogens is 6. The van der Waals surface area contributed by atoms with E-state index in [4.69, 9.17) is 9.47 Å². The predicted octanol–water partition coefficient (Wildman–Crippen LogP) is 10.4. The topological polar surface area (TPSA) is 82.1 Å². The highest BCUT2D eigenvalue weighted by atomic mass is 19.4. The van der Waals surface area contributed by atoms with Gasteiger partial charge < -0.3 is 19.3 Å². The number of carbonyl (C=O) groups excluding carboxylic acids is 1. The van der Waals surface area contributed by atoms with Crippen LogP contribution < -0.4 is 4.74 Å². The summed E-state index contributed by atoms with van der Waals surface area (Å²) >= 11 is 0. The Hall–Kier alpha value is -4.06. The second kappa shape index (κ2) is 17.9. The van der Waals surface area contributed by atoms with Crippen molar-refractivity contribution in [1.82, 2.24) is 0 Å². The van der Waals surface area contributed by atoms with E-state index in [9.17, 15) is 41.0 Å². The molecule has 6 nitrogen and oxygen atoms in total. The van der Waals surface area contributed by atoms with Gasteiger partial charge in [0.2, 0.25) is 0 Å². The minimum Gasteiger partial charge on any atom is -0.494 e. The van der Waals surface area contributed by atoms with E-state index in [1.807, 2.05) is 0 Å². The number of hydrogen-bond donors (Lipinski definition) is 1. The average molecular weight is 683 g/mol. The van der Waals surface area contributed by atoms with Crippen LogP contribution in [0.15, 0.2) is 60.7 Å². The van der Waals surface area contributed by atoms with Crippen LogP contribution >= 0.6 is 0 Å². The molecule has 1 N–H and O–H groups in total. The highest BCUT2D eigenvalue weighted by molar-refractivity contribution is 5.95. The van der Waals surface area contributed by atoms with Crippen LogP contribution in [0.25, 0.3) is 22.3 Å². The molecular formula is C36H40F6O6. The van der Waals surface area contributed by atoms with Gasteiger partial charge in [0, 0.05) is 13.0 Å². The van der Waals surface area contributed by atoms with Crippen LogP contribution in [0.3, 0.4) is 0 Å². The van der Waals surface area contributed by atoms with Crippen molar-refractivity contribution in [3.05, 3.63) is 77.4 Å². The number of hydrogen-bond acceptors (Lipinski definition) is 5. The SMILES string of the molecule is CCCCCCCCCOc1ccc(-c2ccc(C(=O)O)cc2-c2ccc(C(=O)O[C@H](CCOCC)C(F)(F)F)c(C(F)(F)F)c2)cc1. The molecule has 0 unspecified atom stereocenters. The maximum absolute atomic E-state index is 14.3. The van der Waals surface area contributed by atoms with Crippen LogP contribution in [0.5, 0.6) is 5.75 Å². The highest BCUT2D eigenvalue weighted by Gasteiger charge is 2.44. The van der Waals surface area contributed by atoms with Crippen molar-refractivity contribution < 1.29 is 55.2 Å². The summed E-state index contributed by atoms with van der Waals surface area (Å²) in [5.41, 5.74) is -1.93. The Morgan fingerprint density at radius 2 is 1.40 bits per heavy atom. The second-order valence-electron chi connectivity index (χ2n) is 11.2. The molecule has 1 atom stereocenters. The minimum atomic E-state index is -5.16. The number of carboxylic acid groups (broad SMARTS) is 1. The molecule has 0 aliphatic heterocycles. The summed E-state index contributed by atoms with van der Waals surface area (Å²) in [7, 11) is 0. The van der Waals surface area contributed by atoms with Gasteiger partial charge in [0.25, 0.3) is 0 Å². The van der Waals surface area contributed by atoms with Gasteiger partial charge in [0.15, 0.2) is 6.10 Å². The molecule has 0 saturated heterocycles. The zero-order valence-corrected chi connectivity index (χ0v) is 26.9. The van der Waals surface area contributed by atoms with Crippen molar-refractivity contribution >= 4 is 11.9 Å². The van der Waals surface area contributed by atoms with Gasteiger partial charge in [-0.2, -0.15) is 26.3 Å². The number of benzene rings is 3. The standard InChI is InChI=1S/C36H40F6O6/c1-3-5-6-7-8-9-10-20-47-27-15-11-24(12-16-27)28-17-14-26(33(43)44)22-30(28)25-13-18-29(31(23-25)35(37,38)39)34(45)48-32(36(40,41)42)19-21-46-4-2/h11-18,22-23,32H,3-10,19-21H2,1-2H3,(H,43,44)/t32-/m1/s1. The molecule has 0 fully saturated rings. The molecule has 3 rings (SSSR count). The number of rotatable bonds is 18. The fourth-order valence-electron chi connectivity index (χ4n) is 5.09. The van der Waals surface area contributed by atoms with E-state index in [1.54, 1.807) is 31.2 Å². The van der Waals surface area contributed by atoms with E-state index in [-0.39, 0.29) is 23.3 Å². The van der Waals surface area contributed by atoms with Crippen molar-refractivity contribution in [1.29, 1.82) is 0 Å². The zero-order valence-electron chi connectivity index (χ0n) is 26.9. The number of ether oxygens (including phenoxy) is 3. The fourth-order valence-corrected chi connectivity index (χ4v) is 5.09. The lowest BCUT2D eigenvalue weighted by atomic mass is 9.90. The number of alkyl halides is 6. The van der Waals surface area contributed by atoms with Crippen molar-refractivity contribution in [2.45, 2.75) is 83.7 Å². The predicted molar refractivity (Wildman–Crippen MR) is 169 cm³/mol. The van der Waals surface area contributed by atoms with E-state index in [0.29, 0.717) is 29.5 Å². The Morgan fingerprint density at radius 3 is 2.00 bits per heavy atom. The number of unbranched alkanes of at least 4 members (excludes halogenated alkanes) is 6. The zero-order chi connectivity index (χ0) is 35.3. The van der Waals surface area contributed by atoms with E-state index >= 15 is 0 Å². The first-order valence-corrected chi connectivity index (χ1v) is 15.9. The molecular weight excluding hydrogens is 642 g/mol. The van der Waals surface area contributed by atoms with Crippen molar-refractivity contribution in [3.63, 3.8) is 0 Å². The molecule has 0 saturated carbocycles. The Labute approximate surface area is 276 Å². The molecule has 0 radical (unpaired) electrons. The van der Waals surface area contributed by atoms with Gasteiger partial charge in [-0.25, -0.2) is 9.59 Å². The number of carboxylic acids is 1. The van der Waals surface area contributed by atoms with Gasteiger partial charge in [-0.05, 0) is 72.0 Å². The third-order valence-corrected chi connectivity index (χ3v) is 7.65. The summed E-state index contributed by atoms with van der Waals surface area (Å²) in [6.07, 6.45) is -5.77. The molecule has 3 aromatic rings. The van der Waals surface area contributed by atoms with E-state index in [0.717, 1.165) is 31.4 Å². The fraction of sp³-hybridized carbons (Fsp3) is 0.444. The highest BCUT2D eigenvalue weighted by Crippen LogP contribution is 2.39. The molecule has 48 heavy (non-hydrogen) atoms. The van der Waals surface area contributed by atoms with Gasteiger partial charge in [0.05, 0.1) is 29.9 Å². The molecule has 0 spiro atoms. The molecule has 0 aliphatic rings. The van der Waals surface area contributed by atoms with Crippen LogP contribution in [-0.4, -0.2) is 49.1 Å². The van der Waals surface area contributed by atoms with Crippen LogP contribution in [-0.2, 0) is 15.7 Å². The average Bonchev–Trinajstić information content (AvgIpc) is 3.04. The van der Waals surface area contributed by atoms with Gasteiger partial charge >= 0.3 is 24.3 Å². The summed E-state index contributed by atoms with van der Waals surface area (Å²) in [5.74, 6) is -2.54. The Kier molecular flexibility index (Phi) is 14.3. The molecule has 262 valence electrons. The first kappa shape index (κ1) is 38.4. The molecule has 0 amide bonds. The maximum Gasteiger partial charge on any atom is 0.425 e. The molecule has 0 bridgehead atoms. The summed E-state index contributed by atoms with van der Waals surface area (Å²) < 4.78 is 98.5. The molecule has 0 heterocycles. The van der Waals surface area contributed by atoms with Crippen molar-refractivity contribution in [2.75, 3.05) is 19.8 Å². The first-order chi connectivity index (χ1) is 22.8. The largest absolute Gasteiger partial charge is 0.494 e. The van der Waals surface area contributed by atoms with Crippen LogP contribution in [0.4, 0.5) is 26.3 Å². The van der Waals surface area contributed by atoms with E-state index in [2.05, 4.69) is 11.7 Å². The van der Waals surface area contributed by atoms with Crippen LogP contribution in [0, 0.1) is 0 Å².